The van der Waals surface area contributed by atoms with Crippen molar-refractivity contribution in [2.24, 2.45) is 0 Å². The fraction of sp³-hybridized carbons (Fsp3) is 0.212. The quantitative estimate of drug-likeness (QED) is 0.177. The lowest BCUT2D eigenvalue weighted by atomic mass is 10.1. The molecule has 0 aliphatic heterocycles. The zero-order valence-corrected chi connectivity index (χ0v) is 25.7. The van der Waals surface area contributed by atoms with E-state index in [4.69, 9.17) is 25.7 Å². The van der Waals surface area contributed by atoms with E-state index < -0.39 is 10.0 Å². The molecule has 0 radical (unpaired) electrons. The predicted octanol–water partition coefficient (Wildman–Crippen LogP) is 5.38. The van der Waals surface area contributed by atoms with E-state index in [0.29, 0.717) is 47.2 Å². The van der Waals surface area contributed by atoms with Crippen LogP contribution in [0.3, 0.4) is 0 Å². The maximum atomic E-state index is 14.0. The lowest BCUT2D eigenvalue weighted by Crippen LogP contribution is -2.33. The van der Waals surface area contributed by atoms with Gasteiger partial charge < -0.3 is 25.7 Å². The molecule has 0 saturated heterocycles. The Labute approximate surface area is 257 Å². The summed E-state index contributed by atoms with van der Waals surface area (Å²) in [5.74, 6) is 1.75. The highest BCUT2D eigenvalue weighted by molar-refractivity contribution is 7.92. The first kappa shape index (κ1) is 30.4. The van der Waals surface area contributed by atoms with E-state index in [0.717, 1.165) is 21.9 Å². The number of aryl methyl sites for hydroxylation is 1. The molecule has 10 nitrogen and oxygen atoms in total. The molecule has 0 atom stereocenters. The van der Waals surface area contributed by atoms with Crippen molar-refractivity contribution in [1.82, 2.24) is 9.97 Å². The van der Waals surface area contributed by atoms with Crippen LogP contribution >= 0.6 is 0 Å². The van der Waals surface area contributed by atoms with Crippen LogP contribution in [0.25, 0.3) is 10.8 Å². The molecule has 44 heavy (non-hydrogen) atoms. The molecular weight excluding hydrogens is 578 g/mol. The van der Waals surface area contributed by atoms with Gasteiger partial charge in [-0.2, -0.15) is 4.98 Å². The third kappa shape index (κ3) is 6.47. The Bertz CT molecular complexity index is 1850. The van der Waals surface area contributed by atoms with Crippen molar-refractivity contribution in [1.29, 1.82) is 0 Å². The van der Waals surface area contributed by atoms with Gasteiger partial charge >= 0.3 is 0 Å². The van der Waals surface area contributed by atoms with E-state index >= 15 is 0 Å². The molecule has 5 aromatic rings. The summed E-state index contributed by atoms with van der Waals surface area (Å²) in [6.07, 6.45) is 2.41. The molecule has 5 rings (SSSR count). The maximum Gasteiger partial charge on any atom is 0.264 e. The van der Waals surface area contributed by atoms with Gasteiger partial charge in [0.05, 0.1) is 31.4 Å². The zero-order chi connectivity index (χ0) is 31.3. The smallest absolute Gasteiger partial charge is 0.264 e. The minimum atomic E-state index is -3.87. The molecule has 0 bridgehead atoms. The summed E-state index contributed by atoms with van der Waals surface area (Å²) in [4.78, 5) is 8.29. The zero-order valence-electron chi connectivity index (χ0n) is 24.9. The van der Waals surface area contributed by atoms with Crippen LogP contribution in [0.1, 0.15) is 23.1 Å². The lowest BCUT2D eigenvalue weighted by molar-refractivity contribution is 0.272. The normalized spacial score (nSPS) is 11.3. The van der Waals surface area contributed by atoms with Crippen molar-refractivity contribution in [3.63, 3.8) is 0 Å². The first-order valence-electron chi connectivity index (χ1n) is 14.0. The third-order valence-corrected chi connectivity index (χ3v) is 9.06. The van der Waals surface area contributed by atoms with Crippen LogP contribution in [0, 0.1) is 6.92 Å². The summed E-state index contributed by atoms with van der Waals surface area (Å²) in [5, 5.41) is 1.80. The Morgan fingerprint density at radius 3 is 2.25 bits per heavy atom. The second kappa shape index (κ2) is 13.1. The summed E-state index contributed by atoms with van der Waals surface area (Å²) in [5.41, 5.74) is 14.8. The first-order valence-corrected chi connectivity index (χ1v) is 15.5. The minimum absolute atomic E-state index is 0.107. The van der Waals surface area contributed by atoms with Crippen molar-refractivity contribution in [3.05, 3.63) is 102 Å². The topological polar surface area (TPSA) is 143 Å². The Hall–Kier alpha value is -5.03. The first-order chi connectivity index (χ1) is 21.2. The number of methoxy groups -OCH3 is 2. The minimum Gasteiger partial charge on any atom is -0.493 e. The van der Waals surface area contributed by atoms with Gasteiger partial charge in [0.25, 0.3) is 10.0 Å². The van der Waals surface area contributed by atoms with Crippen molar-refractivity contribution in [3.8, 4) is 17.2 Å². The highest BCUT2D eigenvalue weighted by atomic mass is 32.2. The van der Waals surface area contributed by atoms with Gasteiger partial charge in [-0.3, -0.25) is 4.31 Å². The molecule has 0 fully saturated rings. The van der Waals surface area contributed by atoms with E-state index in [9.17, 15) is 8.42 Å². The molecule has 0 spiro atoms. The molecule has 11 heteroatoms. The molecule has 4 aromatic carbocycles. The average Bonchev–Trinajstić information content (AvgIpc) is 3.02. The largest absolute Gasteiger partial charge is 0.493 e. The van der Waals surface area contributed by atoms with Gasteiger partial charge in [-0.15, -0.1) is 0 Å². The van der Waals surface area contributed by atoms with Crippen molar-refractivity contribution < 1.29 is 22.6 Å². The number of rotatable bonds is 12. The predicted molar refractivity (Wildman–Crippen MR) is 173 cm³/mol. The maximum absolute atomic E-state index is 14.0. The van der Waals surface area contributed by atoms with Gasteiger partial charge in [0, 0.05) is 36.5 Å². The number of hydrogen-bond acceptors (Lipinski definition) is 9. The summed E-state index contributed by atoms with van der Waals surface area (Å²) in [6, 6.07) is 23.9. The second-order valence-corrected chi connectivity index (χ2v) is 12.1. The Morgan fingerprint density at radius 2 is 1.57 bits per heavy atom. The molecule has 0 aliphatic carbocycles. The average molecular weight is 614 g/mol. The number of fused-ring (bicyclic) bond motifs is 1. The standard InChI is InChI=1S/C33H35N5O5S/c1-22-12-14-26(15-13-22)44(39,40)38(28-11-6-9-24-8-4-5-10-27(24)28)16-7-17-43-31-29(41-2)19-23(20-30(31)42-3)18-25-21-36-33(35)37-32(25)34/h4-6,8-15,19-21H,7,16-18H2,1-3H3,(H4,34,35,36,37). The fourth-order valence-corrected chi connectivity index (χ4v) is 6.51. The molecule has 0 amide bonds. The number of hydrogen-bond donors (Lipinski definition) is 2. The highest BCUT2D eigenvalue weighted by Gasteiger charge is 2.26. The van der Waals surface area contributed by atoms with Gasteiger partial charge in [-0.05, 0) is 48.2 Å². The van der Waals surface area contributed by atoms with E-state index in [-0.39, 0.29) is 24.0 Å². The molecule has 0 unspecified atom stereocenters. The van der Waals surface area contributed by atoms with Crippen molar-refractivity contribution >= 4 is 38.2 Å². The molecule has 4 N–H and O–H groups in total. The Morgan fingerprint density at radius 1 is 0.886 bits per heavy atom. The Kier molecular flexibility index (Phi) is 9.05. The van der Waals surface area contributed by atoms with Gasteiger partial charge in [-0.25, -0.2) is 13.4 Å². The number of ether oxygens (including phenoxy) is 3. The lowest BCUT2D eigenvalue weighted by Gasteiger charge is -2.26. The SMILES string of the molecule is COc1cc(Cc2cnc(N)nc2N)cc(OC)c1OCCCN(c1cccc2ccccc12)S(=O)(=O)c1ccc(C)cc1. The molecule has 228 valence electrons. The fourth-order valence-electron chi connectivity index (χ4n) is 4.98. The summed E-state index contributed by atoms with van der Waals surface area (Å²) in [7, 11) is -0.786. The van der Waals surface area contributed by atoms with Crippen LogP contribution in [-0.4, -0.2) is 45.8 Å². The summed E-state index contributed by atoms with van der Waals surface area (Å²) < 4.78 is 46.9. The molecule has 0 aliphatic rings. The number of nitrogen functional groups attached to an aromatic ring is 2. The molecule has 0 saturated carbocycles. The third-order valence-electron chi connectivity index (χ3n) is 7.23. The summed E-state index contributed by atoms with van der Waals surface area (Å²) in [6.45, 7) is 2.31. The van der Waals surface area contributed by atoms with Crippen LogP contribution in [0.2, 0.25) is 0 Å². The van der Waals surface area contributed by atoms with E-state index in [1.807, 2.05) is 61.5 Å². The van der Waals surface area contributed by atoms with Crippen LogP contribution < -0.4 is 30.0 Å². The number of anilines is 3. The Balaban J connectivity index is 1.39. The van der Waals surface area contributed by atoms with Crippen molar-refractivity contribution in [2.75, 3.05) is 43.1 Å². The van der Waals surface area contributed by atoms with Crippen molar-refractivity contribution in [2.45, 2.75) is 24.7 Å². The number of sulfonamides is 1. The van der Waals surface area contributed by atoms with Crippen LogP contribution in [0.5, 0.6) is 17.2 Å². The van der Waals surface area contributed by atoms with Gasteiger partial charge in [0.1, 0.15) is 5.82 Å². The van der Waals surface area contributed by atoms with Gasteiger partial charge in [-0.1, -0.05) is 54.1 Å². The monoisotopic (exact) mass is 613 g/mol. The molecular formula is C33H35N5O5S. The second-order valence-electron chi connectivity index (χ2n) is 10.2. The number of nitrogens with zero attached hydrogens (tertiary/aromatic N) is 3. The number of benzene rings is 4. The van der Waals surface area contributed by atoms with Gasteiger partial charge in [0.15, 0.2) is 11.5 Å². The van der Waals surface area contributed by atoms with E-state index in [2.05, 4.69) is 9.97 Å². The summed E-state index contributed by atoms with van der Waals surface area (Å²) >= 11 is 0. The van der Waals surface area contributed by atoms with Crippen LogP contribution in [-0.2, 0) is 16.4 Å². The van der Waals surface area contributed by atoms with Gasteiger partial charge in [0.2, 0.25) is 11.7 Å². The number of aromatic nitrogens is 2. The van der Waals surface area contributed by atoms with Crippen LogP contribution in [0.15, 0.2) is 90.0 Å². The highest BCUT2D eigenvalue weighted by Crippen LogP contribution is 2.39. The molecule has 1 heterocycles. The number of nitrogens with two attached hydrogens (primary N) is 2. The molecule has 1 aromatic heterocycles. The van der Waals surface area contributed by atoms with Crippen LogP contribution in [0.4, 0.5) is 17.5 Å². The van der Waals surface area contributed by atoms with E-state index in [1.54, 1.807) is 44.7 Å². The van der Waals surface area contributed by atoms with E-state index in [1.165, 1.54) is 4.31 Å².